The number of nitrogens with two attached hydrogens (primary N) is 1. The van der Waals surface area contributed by atoms with Gasteiger partial charge in [0.15, 0.2) is 11.6 Å². The molecule has 2 aromatic rings. The second-order valence-electron chi connectivity index (χ2n) is 5.03. The average Bonchev–Trinajstić information content (AvgIpc) is 2.75. The van der Waals surface area contributed by atoms with Crippen LogP contribution in [0.25, 0.3) is 11.0 Å². The average molecular weight is 281 g/mol. The van der Waals surface area contributed by atoms with Crippen molar-refractivity contribution in [2.24, 2.45) is 5.73 Å². The molecule has 5 heteroatoms. The van der Waals surface area contributed by atoms with Gasteiger partial charge in [-0.3, -0.25) is 0 Å². The van der Waals surface area contributed by atoms with Crippen LogP contribution in [0, 0.1) is 11.6 Å². The van der Waals surface area contributed by atoms with Crippen LogP contribution in [-0.4, -0.2) is 16.1 Å². The highest BCUT2D eigenvalue weighted by Crippen LogP contribution is 2.21. The molecule has 0 atom stereocenters. The summed E-state index contributed by atoms with van der Waals surface area (Å²) in [5.74, 6) is -0.755. The Labute approximate surface area is 117 Å². The molecule has 0 amide bonds. The fourth-order valence-electron chi connectivity index (χ4n) is 2.36. The monoisotopic (exact) mass is 281 g/mol. The smallest absolute Gasteiger partial charge is 0.161 e. The van der Waals surface area contributed by atoms with Crippen molar-refractivity contribution in [3.63, 3.8) is 0 Å². The summed E-state index contributed by atoms with van der Waals surface area (Å²) in [4.78, 5) is 4.46. The fraction of sp³-hybridized carbons (Fsp3) is 0.533. The van der Waals surface area contributed by atoms with E-state index in [1.165, 1.54) is 12.1 Å². The molecule has 0 radical (unpaired) electrons. The van der Waals surface area contributed by atoms with Gasteiger partial charge < -0.3 is 10.3 Å². The first kappa shape index (κ1) is 14.9. The maximum absolute atomic E-state index is 13.4. The van der Waals surface area contributed by atoms with Crippen molar-refractivity contribution >= 4 is 11.0 Å². The van der Waals surface area contributed by atoms with Crippen LogP contribution in [0.2, 0.25) is 0 Å². The molecule has 0 bridgehead atoms. The summed E-state index contributed by atoms with van der Waals surface area (Å²) in [5.41, 5.74) is 6.71. The largest absolute Gasteiger partial charge is 0.330 e. The SMILES string of the molecule is CCCCc1nc2cc(F)c(F)cc2n1CCCCN. The predicted molar refractivity (Wildman–Crippen MR) is 76.5 cm³/mol. The molecule has 110 valence electrons. The normalized spacial score (nSPS) is 11.4. The van der Waals surface area contributed by atoms with Gasteiger partial charge in [-0.15, -0.1) is 0 Å². The molecule has 1 aromatic carbocycles. The number of imidazole rings is 1. The minimum absolute atomic E-state index is 0.530. The number of hydrogen-bond donors (Lipinski definition) is 1. The van der Waals surface area contributed by atoms with Crippen LogP contribution in [0.5, 0.6) is 0 Å². The molecule has 0 fully saturated rings. The summed E-state index contributed by atoms with van der Waals surface area (Å²) in [5, 5.41) is 0. The van der Waals surface area contributed by atoms with E-state index in [1.54, 1.807) is 0 Å². The Kier molecular flexibility index (Phi) is 5.06. The minimum Gasteiger partial charge on any atom is -0.330 e. The topological polar surface area (TPSA) is 43.8 Å². The lowest BCUT2D eigenvalue weighted by Gasteiger charge is -2.08. The lowest BCUT2D eigenvalue weighted by atomic mass is 10.2. The summed E-state index contributed by atoms with van der Waals surface area (Å²) in [6, 6.07) is 2.43. The molecule has 0 aliphatic rings. The van der Waals surface area contributed by atoms with Crippen molar-refractivity contribution in [3.05, 3.63) is 29.6 Å². The van der Waals surface area contributed by atoms with Gasteiger partial charge in [-0.25, -0.2) is 13.8 Å². The highest BCUT2D eigenvalue weighted by Gasteiger charge is 2.13. The van der Waals surface area contributed by atoms with Gasteiger partial charge in [-0.1, -0.05) is 13.3 Å². The number of fused-ring (bicyclic) bond motifs is 1. The zero-order valence-electron chi connectivity index (χ0n) is 11.8. The van der Waals surface area contributed by atoms with Crippen LogP contribution in [0.3, 0.4) is 0 Å². The van der Waals surface area contributed by atoms with Gasteiger partial charge in [0.2, 0.25) is 0 Å². The van der Waals surface area contributed by atoms with Crippen LogP contribution in [0.4, 0.5) is 8.78 Å². The quantitative estimate of drug-likeness (QED) is 0.790. The van der Waals surface area contributed by atoms with Gasteiger partial charge in [-0.2, -0.15) is 0 Å². The fourth-order valence-corrected chi connectivity index (χ4v) is 2.36. The Hall–Kier alpha value is -1.49. The zero-order valence-corrected chi connectivity index (χ0v) is 11.8. The van der Waals surface area contributed by atoms with E-state index in [4.69, 9.17) is 5.73 Å². The van der Waals surface area contributed by atoms with Gasteiger partial charge >= 0.3 is 0 Å². The van der Waals surface area contributed by atoms with Crippen LogP contribution in [0.1, 0.15) is 38.4 Å². The molecule has 20 heavy (non-hydrogen) atoms. The molecule has 0 spiro atoms. The number of hydrogen-bond acceptors (Lipinski definition) is 2. The van der Waals surface area contributed by atoms with Crippen LogP contribution < -0.4 is 5.73 Å². The standard InChI is InChI=1S/C15H21F2N3/c1-2-3-6-15-19-13-9-11(16)12(17)10-14(13)20(15)8-5-4-7-18/h9-10H,2-8,18H2,1H3. The Morgan fingerprint density at radius 2 is 1.90 bits per heavy atom. The Balaban J connectivity index is 2.38. The maximum Gasteiger partial charge on any atom is 0.161 e. The molecule has 0 saturated carbocycles. The van der Waals surface area contributed by atoms with Crippen LogP contribution in [-0.2, 0) is 13.0 Å². The summed E-state index contributed by atoms with van der Waals surface area (Å²) in [7, 11) is 0. The van der Waals surface area contributed by atoms with Crippen molar-refractivity contribution in [1.29, 1.82) is 0 Å². The maximum atomic E-state index is 13.4. The molecule has 0 aliphatic carbocycles. The van der Waals surface area contributed by atoms with Crippen molar-refractivity contribution in [2.75, 3.05) is 6.54 Å². The van der Waals surface area contributed by atoms with E-state index in [-0.39, 0.29) is 0 Å². The van der Waals surface area contributed by atoms with E-state index in [2.05, 4.69) is 11.9 Å². The van der Waals surface area contributed by atoms with Crippen molar-refractivity contribution in [2.45, 2.75) is 45.6 Å². The van der Waals surface area contributed by atoms with Gasteiger partial charge in [0.1, 0.15) is 5.82 Å². The number of rotatable bonds is 7. The van der Waals surface area contributed by atoms with Gasteiger partial charge in [0.05, 0.1) is 11.0 Å². The summed E-state index contributed by atoms with van der Waals surface area (Å²) < 4.78 is 28.8. The Morgan fingerprint density at radius 1 is 1.15 bits per heavy atom. The Morgan fingerprint density at radius 3 is 2.60 bits per heavy atom. The van der Waals surface area contributed by atoms with Crippen LogP contribution in [0.15, 0.2) is 12.1 Å². The van der Waals surface area contributed by atoms with Gasteiger partial charge in [0, 0.05) is 25.1 Å². The van der Waals surface area contributed by atoms with E-state index in [9.17, 15) is 8.78 Å². The minimum atomic E-state index is -0.842. The third-order valence-corrected chi connectivity index (χ3v) is 3.46. The number of halogens is 2. The van der Waals surface area contributed by atoms with E-state index in [1.807, 2.05) is 4.57 Å². The Bertz CT molecular complexity index is 578. The summed E-state index contributed by atoms with van der Waals surface area (Å²) in [6.45, 7) is 3.50. The third-order valence-electron chi connectivity index (χ3n) is 3.46. The number of nitrogens with zero attached hydrogens (tertiary/aromatic N) is 2. The molecular weight excluding hydrogens is 260 g/mol. The molecule has 1 heterocycles. The van der Waals surface area contributed by atoms with Crippen molar-refractivity contribution in [3.8, 4) is 0 Å². The summed E-state index contributed by atoms with van der Waals surface area (Å²) in [6.07, 6.45) is 4.74. The van der Waals surface area contributed by atoms with E-state index in [0.717, 1.165) is 44.5 Å². The molecule has 2 N–H and O–H groups in total. The zero-order chi connectivity index (χ0) is 14.5. The lowest BCUT2D eigenvalue weighted by Crippen LogP contribution is -2.07. The molecule has 0 saturated heterocycles. The van der Waals surface area contributed by atoms with E-state index < -0.39 is 11.6 Å². The van der Waals surface area contributed by atoms with E-state index in [0.29, 0.717) is 17.6 Å². The first-order chi connectivity index (χ1) is 9.67. The highest BCUT2D eigenvalue weighted by molar-refractivity contribution is 5.76. The summed E-state index contributed by atoms with van der Waals surface area (Å²) >= 11 is 0. The first-order valence-electron chi connectivity index (χ1n) is 7.21. The molecular formula is C15H21F2N3. The number of benzene rings is 1. The van der Waals surface area contributed by atoms with Gasteiger partial charge in [0.25, 0.3) is 0 Å². The molecule has 3 nitrogen and oxygen atoms in total. The third kappa shape index (κ3) is 3.15. The van der Waals surface area contributed by atoms with Crippen molar-refractivity contribution < 1.29 is 8.78 Å². The van der Waals surface area contributed by atoms with Crippen molar-refractivity contribution in [1.82, 2.24) is 9.55 Å². The molecule has 2 rings (SSSR count). The second kappa shape index (κ2) is 6.79. The molecule has 0 unspecified atom stereocenters. The van der Waals surface area contributed by atoms with Crippen LogP contribution >= 0.6 is 0 Å². The predicted octanol–water partition coefficient (Wildman–Crippen LogP) is 3.40. The number of aryl methyl sites for hydroxylation is 2. The second-order valence-corrected chi connectivity index (χ2v) is 5.03. The molecule has 0 aliphatic heterocycles. The molecule has 1 aromatic heterocycles. The number of unbranched alkanes of at least 4 members (excludes halogenated alkanes) is 2. The van der Waals surface area contributed by atoms with Gasteiger partial charge in [-0.05, 0) is 25.8 Å². The van der Waals surface area contributed by atoms with E-state index >= 15 is 0 Å². The first-order valence-corrected chi connectivity index (χ1v) is 7.21. The lowest BCUT2D eigenvalue weighted by molar-refractivity contribution is 0.510. The highest BCUT2D eigenvalue weighted by atomic mass is 19.2. The number of aromatic nitrogens is 2.